The fourth-order valence-corrected chi connectivity index (χ4v) is 2.77. The highest BCUT2D eigenvalue weighted by atomic mass is 19.4. The number of hydrogen-bond donors (Lipinski definition) is 2. The molecule has 3 nitrogen and oxygen atoms in total. The van der Waals surface area contributed by atoms with Crippen LogP contribution in [-0.2, 0) is 12.4 Å². The molecule has 2 rings (SSSR count). The highest BCUT2D eigenvalue weighted by molar-refractivity contribution is 5.86. The molecule has 0 aliphatic heterocycles. The summed E-state index contributed by atoms with van der Waals surface area (Å²) in [6.45, 7) is 2.49. The van der Waals surface area contributed by atoms with Crippen molar-refractivity contribution in [1.29, 1.82) is 0 Å². The maximum atomic E-state index is 13.2. The van der Waals surface area contributed by atoms with Gasteiger partial charge in [-0.3, -0.25) is 0 Å². The number of benzene rings is 1. The second-order valence-corrected chi connectivity index (χ2v) is 6.22. The van der Waals surface area contributed by atoms with Gasteiger partial charge in [0.25, 0.3) is 0 Å². The lowest BCUT2D eigenvalue weighted by Gasteiger charge is -2.19. The molecular weight excluding hydrogens is 374 g/mol. The van der Waals surface area contributed by atoms with Crippen LogP contribution in [0.25, 0.3) is 10.9 Å². The lowest BCUT2D eigenvalue weighted by atomic mass is 9.99. The molecule has 2 aromatic rings. The Morgan fingerprint density at radius 3 is 2.37 bits per heavy atom. The molecule has 0 aliphatic rings. The first-order valence-corrected chi connectivity index (χ1v) is 8.52. The second-order valence-electron chi connectivity index (χ2n) is 6.22. The molecule has 27 heavy (non-hydrogen) atoms. The first-order chi connectivity index (χ1) is 12.6. The van der Waals surface area contributed by atoms with Crippen LogP contribution in [0.2, 0.25) is 0 Å². The molecule has 0 fully saturated rings. The summed E-state index contributed by atoms with van der Waals surface area (Å²) >= 11 is 0. The van der Waals surface area contributed by atoms with E-state index in [1.165, 1.54) is 6.07 Å². The lowest BCUT2D eigenvalue weighted by molar-refractivity contribution is -0.142. The number of halogens is 6. The van der Waals surface area contributed by atoms with E-state index in [-0.39, 0.29) is 17.5 Å². The summed E-state index contributed by atoms with van der Waals surface area (Å²) < 4.78 is 79.0. The maximum absolute atomic E-state index is 13.2. The van der Waals surface area contributed by atoms with Crippen LogP contribution in [-0.4, -0.2) is 23.2 Å². The Bertz CT molecular complexity index is 773. The van der Waals surface area contributed by atoms with Gasteiger partial charge in [0, 0.05) is 11.9 Å². The van der Waals surface area contributed by atoms with Gasteiger partial charge in [-0.05, 0) is 30.7 Å². The van der Waals surface area contributed by atoms with Gasteiger partial charge in [0.15, 0.2) is 0 Å². The van der Waals surface area contributed by atoms with Gasteiger partial charge in [-0.1, -0.05) is 31.9 Å². The Kier molecular flexibility index (Phi) is 6.69. The van der Waals surface area contributed by atoms with E-state index in [1.54, 1.807) is 0 Å². The molecule has 0 saturated carbocycles. The van der Waals surface area contributed by atoms with Gasteiger partial charge in [0.2, 0.25) is 0 Å². The van der Waals surface area contributed by atoms with Crippen molar-refractivity contribution in [2.45, 2.75) is 44.6 Å². The Morgan fingerprint density at radius 1 is 1.07 bits per heavy atom. The van der Waals surface area contributed by atoms with Crippen molar-refractivity contribution in [3.05, 3.63) is 41.1 Å². The van der Waals surface area contributed by atoms with E-state index in [2.05, 4.69) is 10.3 Å². The van der Waals surface area contributed by atoms with Crippen LogP contribution in [0, 0.1) is 0 Å². The lowest BCUT2D eigenvalue weighted by Crippen LogP contribution is -2.23. The summed E-state index contributed by atoms with van der Waals surface area (Å²) in [6, 6.07) is 3.61. The summed E-state index contributed by atoms with van der Waals surface area (Å²) in [5.41, 5.74) is -3.79. The molecule has 1 aromatic carbocycles. The molecule has 0 amide bonds. The minimum absolute atomic E-state index is 0.0730. The third-order valence-electron chi connectivity index (χ3n) is 4.12. The van der Waals surface area contributed by atoms with Crippen LogP contribution in [0.5, 0.6) is 0 Å². The van der Waals surface area contributed by atoms with Crippen molar-refractivity contribution in [3.8, 4) is 0 Å². The predicted molar refractivity (Wildman–Crippen MR) is 89.1 cm³/mol. The number of unbranched alkanes of at least 4 members (excludes halogenated alkanes) is 2. The van der Waals surface area contributed by atoms with E-state index in [0.29, 0.717) is 18.7 Å². The third kappa shape index (κ3) is 5.32. The molecule has 150 valence electrons. The van der Waals surface area contributed by atoms with Crippen molar-refractivity contribution in [3.63, 3.8) is 0 Å². The number of rotatable bonds is 7. The quantitative estimate of drug-likeness (QED) is 0.508. The van der Waals surface area contributed by atoms with Crippen LogP contribution >= 0.6 is 0 Å². The van der Waals surface area contributed by atoms with E-state index in [0.717, 1.165) is 25.3 Å². The Balaban J connectivity index is 2.47. The van der Waals surface area contributed by atoms with Crippen LogP contribution < -0.4 is 5.32 Å². The Hall–Kier alpha value is -1.87. The van der Waals surface area contributed by atoms with Gasteiger partial charge in [0.05, 0.1) is 17.2 Å². The minimum atomic E-state index is -4.93. The molecule has 0 aliphatic carbocycles. The molecule has 0 radical (unpaired) electrons. The van der Waals surface area contributed by atoms with Crippen molar-refractivity contribution < 1.29 is 31.4 Å². The number of para-hydroxylation sites is 1. The summed E-state index contributed by atoms with van der Waals surface area (Å²) in [6.07, 6.45) is -8.44. The first kappa shape index (κ1) is 21.4. The maximum Gasteiger partial charge on any atom is 0.433 e. The molecule has 2 N–H and O–H groups in total. The smallest absolute Gasteiger partial charge is 0.387 e. The molecule has 0 saturated heterocycles. The van der Waals surface area contributed by atoms with Crippen molar-refractivity contribution in [2.24, 2.45) is 0 Å². The number of nitrogens with one attached hydrogen (secondary N) is 1. The molecule has 1 unspecified atom stereocenters. The van der Waals surface area contributed by atoms with Crippen molar-refractivity contribution in [2.75, 3.05) is 13.1 Å². The number of nitrogens with zero attached hydrogens (tertiary/aromatic N) is 1. The average Bonchev–Trinajstić information content (AvgIpc) is 2.58. The fraction of sp³-hybridized carbons (Fsp3) is 0.500. The molecule has 1 atom stereocenters. The highest BCUT2D eigenvalue weighted by Gasteiger charge is 2.37. The van der Waals surface area contributed by atoms with Gasteiger partial charge in [-0.15, -0.1) is 0 Å². The van der Waals surface area contributed by atoms with Gasteiger partial charge in [0.1, 0.15) is 5.69 Å². The van der Waals surface area contributed by atoms with E-state index < -0.39 is 35.2 Å². The number of alkyl halides is 6. The number of hydrogen-bond acceptors (Lipinski definition) is 3. The van der Waals surface area contributed by atoms with Gasteiger partial charge in [-0.25, -0.2) is 4.98 Å². The fourth-order valence-electron chi connectivity index (χ4n) is 2.77. The average molecular weight is 394 g/mol. The van der Waals surface area contributed by atoms with Gasteiger partial charge < -0.3 is 10.4 Å². The van der Waals surface area contributed by atoms with Gasteiger partial charge in [-0.2, -0.15) is 26.3 Å². The van der Waals surface area contributed by atoms with Crippen molar-refractivity contribution >= 4 is 10.9 Å². The molecule has 1 aromatic heterocycles. The van der Waals surface area contributed by atoms with E-state index >= 15 is 0 Å². The third-order valence-corrected chi connectivity index (χ3v) is 4.12. The number of fused-ring (bicyclic) bond motifs is 1. The number of aliphatic hydroxyl groups is 1. The molecular formula is C18H20F6N2O. The van der Waals surface area contributed by atoms with Gasteiger partial charge >= 0.3 is 12.4 Å². The Labute approximate surface area is 152 Å². The summed E-state index contributed by atoms with van der Waals surface area (Å²) in [5, 5.41) is 13.1. The zero-order chi connectivity index (χ0) is 20.2. The monoisotopic (exact) mass is 394 g/mol. The molecule has 0 spiro atoms. The van der Waals surface area contributed by atoms with E-state index in [9.17, 15) is 31.4 Å². The molecule has 9 heteroatoms. The first-order valence-electron chi connectivity index (χ1n) is 8.52. The predicted octanol–water partition coefficient (Wildman–Crippen LogP) is 5.09. The number of aromatic nitrogens is 1. The standard InChI is InChI=1S/C18H20F6N2O/c1-2-3-4-8-25-10-14(27)12-9-15(18(22,23)24)26-16-11(12)6-5-7-13(16)17(19,20)21/h5-7,9,14,25,27H,2-4,8,10H2,1H3. The van der Waals surface area contributed by atoms with Crippen LogP contribution in [0.3, 0.4) is 0 Å². The topological polar surface area (TPSA) is 45.1 Å². The summed E-state index contributed by atoms with van der Waals surface area (Å²) in [4.78, 5) is 3.20. The molecule has 1 heterocycles. The second kappa shape index (κ2) is 8.43. The zero-order valence-electron chi connectivity index (χ0n) is 14.6. The van der Waals surface area contributed by atoms with Crippen LogP contribution in [0.1, 0.15) is 49.1 Å². The zero-order valence-corrected chi connectivity index (χ0v) is 14.6. The normalized spacial score (nSPS) is 13.9. The Morgan fingerprint density at radius 2 is 1.78 bits per heavy atom. The SMILES string of the molecule is CCCCCNCC(O)c1cc(C(F)(F)F)nc2c(C(F)(F)F)cccc12. The largest absolute Gasteiger partial charge is 0.433 e. The number of pyridine rings is 1. The minimum Gasteiger partial charge on any atom is -0.387 e. The van der Waals surface area contributed by atoms with Crippen LogP contribution in [0.4, 0.5) is 26.3 Å². The van der Waals surface area contributed by atoms with Crippen molar-refractivity contribution in [1.82, 2.24) is 10.3 Å². The van der Waals surface area contributed by atoms with E-state index in [4.69, 9.17) is 0 Å². The van der Waals surface area contributed by atoms with Crippen LogP contribution in [0.15, 0.2) is 24.3 Å². The summed E-state index contributed by atoms with van der Waals surface area (Å²) in [5.74, 6) is 0. The highest BCUT2D eigenvalue weighted by Crippen LogP contribution is 2.38. The van der Waals surface area contributed by atoms with E-state index in [1.807, 2.05) is 6.92 Å². The summed E-state index contributed by atoms with van der Waals surface area (Å²) in [7, 11) is 0. The number of aliphatic hydroxyl groups excluding tert-OH is 1. The molecule has 0 bridgehead atoms.